The maximum absolute atomic E-state index is 11.3. The van der Waals surface area contributed by atoms with Crippen molar-refractivity contribution in [3.8, 4) is 0 Å². The predicted octanol–water partition coefficient (Wildman–Crippen LogP) is 2.92. The fraction of sp³-hybridized carbons (Fsp3) is 0.300. The topological polar surface area (TPSA) is 61.8 Å². The van der Waals surface area contributed by atoms with Crippen LogP contribution in [0.1, 0.15) is 17.5 Å². The smallest absolute Gasteiger partial charge is 0.293 e. The Balaban J connectivity index is 1.79. The first-order valence-corrected chi connectivity index (χ1v) is 8.15. The molecular weight excluding hydrogens is 320 g/mol. The summed E-state index contributed by atoms with van der Waals surface area (Å²) in [6, 6.07) is 19.3. The molecule has 2 aromatic carbocycles. The molecule has 0 heterocycles. The second-order valence-electron chi connectivity index (χ2n) is 5.49. The molecule has 0 bridgehead atoms. The summed E-state index contributed by atoms with van der Waals surface area (Å²) in [4.78, 5) is 22.1. The molecule has 25 heavy (non-hydrogen) atoms. The number of carbonyl (C=O) groups is 2. The predicted molar refractivity (Wildman–Crippen MR) is 92.7 cm³/mol. The van der Waals surface area contributed by atoms with Crippen molar-refractivity contribution in [2.75, 3.05) is 6.61 Å². The molecule has 5 nitrogen and oxygen atoms in total. The maximum Gasteiger partial charge on any atom is 0.293 e. The summed E-state index contributed by atoms with van der Waals surface area (Å²) < 4.78 is 16.2. The van der Waals surface area contributed by atoms with E-state index in [4.69, 9.17) is 14.2 Å². The summed E-state index contributed by atoms with van der Waals surface area (Å²) >= 11 is 0. The van der Waals surface area contributed by atoms with Crippen LogP contribution in [0.15, 0.2) is 60.7 Å². The van der Waals surface area contributed by atoms with E-state index in [9.17, 15) is 9.59 Å². The molecular formula is C20H22O5. The molecule has 0 N–H and O–H groups in total. The van der Waals surface area contributed by atoms with E-state index in [1.54, 1.807) is 0 Å². The Bertz CT molecular complexity index is 614. The lowest BCUT2D eigenvalue weighted by Crippen LogP contribution is -2.34. The van der Waals surface area contributed by atoms with E-state index in [2.05, 4.69) is 0 Å². The van der Waals surface area contributed by atoms with Crippen LogP contribution in [0.3, 0.4) is 0 Å². The van der Waals surface area contributed by atoms with E-state index in [-0.39, 0.29) is 6.61 Å². The van der Waals surface area contributed by atoms with Gasteiger partial charge in [0.25, 0.3) is 6.47 Å². The molecule has 0 aliphatic carbocycles. The molecule has 0 amide bonds. The zero-order chi connectivity index (χ0) is 17.7. The lowest BCUT2D eigenvalue weighted by molar-refractivity contribution is -0.148. The monoisotopic (exact) mass is 342 g/mol. The fourth-order valence-corrected chi connectivity index (χ4v) is 2.35. The summed E-state index contributed by atoms with van der Waals surface area (Å²) in [5, 5.41) is 0. The molecule has 5 heteroatoms. The number of aldehydes is 1. The number of carbonyl (C=O) groups excluding carboxylic acids is 2. The fourth-order valence-electron chi connectivity index (χ4n) is 2.35. The maximum atomic E-state index is 11.3. The number of hydrogen-bond donors (Lipinski definition) is 0. The molecule has 0 fully saturated rings. The number of ether oxygens (including phenoxy) is 3. The van der Waals surface area contributed by atoms with Crippen molar-refractivity contribution in [1.29, 1.82) is 0 Å². The van der Waals surface area contributed by atoms with Crippen molar-refractivity contribution < 1.29 is 23.8 Å². The van der Waals surface area contributed by atoms with Crippen LogP contribution in [-0.4, -0.2) is 31.6 Å². The molecule has 0 saturated heterocycles. The Labute approximate surface area is 147 Å². The third kappa shape index (κ3) is 6.87. The average molecular weight is 342 g/mol. The molecule has 132 valence electrons. The normalized spacial score (nSPS) is 13.0. The summed E-state index contributed by atoms with van der Waals surface area (Å²) in [5.74, 6) is 0. The van der Waals surface area contributed by atoms with Crippen LogP contribution in [0.25, 0.3) is 0 Å². The van der Waals surface area contributed by atoms with Gasteiger partial charge >= 0.3 is 0 Å². The molecule has 2 rings (SSSR count). The van der Waals surface area contributed by atoms with E-state index in [1.807, 2.05) is 60.7 Å². The summed E-state index contributed by atoms with van der Waals surface area (Å²) in [5.41, 5.74) is 2.00. The number of rotatable bonds is 12. The van der Waals surface area contributed by atoms with E-state index < -0.39 is 12.2 Å². The highest BCUT2D eigenvalue weighted by Crippen LogP contribution is 2.11. The van der Waals surface area contributed by atoms with Gasteiger partial charge in [-0.25, -0.2) is 0 Å². The molecule has 0 aliphatic heterocycles. The minimum Gasteiger partial charge on any atom is -0.461 e. The minimum absolute atomic E-state index is 0.272. The van der Waals surface area contributed by atoms with Crippen LogP contribution in [-0.2, 0) is 37.0 Å². The molecule has 0 radical (unpaired) electrons. The largest absolute Gasteiger partial charge is 0.461 e. The van der Waals surface area contributed by atoms with Crippen LogP contribution in [0.5, 0.6) is 0 Å². The lowest BCUT2D eigenvalue weighted by atomic mass is 10.1. The second kappa shape index (κ2) is 11.1. The van der Waals surface area contributed by atoms with Crippen LogP contribution in [0.4, 0.5) is 0 Å². The van der Waals surface area contributed by atoms with Gasteiger partial charge < -0.3 is 19.0 Å². The molecule has 0 aliphatic rings. The van der Waals surface area contributed by atoms with Crippen molar-refractivity contribution in [1.82, 2.24) is 0 Å². The summed E-state index contributed by atoms with van der Waals surface area (Å²) in [6.45, 7) is 1.43. The van der Waals surface area contributed by atoms with Crippen LogP contribution in [0, 0.1) is 0 Å². The van der Waals surface area contributed by atoms with Gasteiger partial charge in [0, 0.05) is 6.42 Å². The van der Waals surface area contributed by atoms with Crippen LogP contribution in [0.2, 0.25) is 0 Å². The summed E-state index contributed by atoms with van der Waals surface area (Å²) in [6.07, 6.45) is -0.460. The molecule has 0 unspecified atom stereocenters. The molecule has 2 aromatic rings. The zero-order valence-electron chi connectivity index (χ0n) is 14.0. The van der Waals surface area contributed by atoms with Crippen molar-refractivity contribution in [3.63, 3.8) is 0 Å². The van der Waals surface area contributed by atoms with Crippen molar-refractivity contribution >= 4 is 12.8 Å². The zero-order valence-corrected chi connectivity index (χ0v) is 14.0. The Morgan fingerprint density at radius 2 is 1.44 bits per heavy atom. The standard InChI is InChI=1S/C20H22O5/c21-13-20(24-15-18-9-5-2-6-10-18)19(25-16-22)11-12-23-14-17-7-3-1-4-8-17/h1-10,13,16,19-20H,11-12,14-15H2/t19-,20-/m1/s1. The van der Waals surface area contributed by atoms with Crippen molar-refractivity contribution in [3.05, 3.63) is 71.8 Å². The van der Waals surface area contributed by atoms with Gasteiger partial charge in [-0.15, -0.1) is 0 Å². The molecule has 0 spiro atoms. The Kier molecular flexibility index (Phi) is 8.38. The number of hydrogen-bond acceptors (Lipinski definition) is 5. The Morgan fingerprint density at radius 3 is 2.00 bits per heavy atom. The highest BCUT2D eigenvalue weighted by atomic mass is 16.6. The summed E-state index contributed by atoms with van der Waals surface area (Å²) in [7, 11) is 0. The van der Waals surface area contributed by atoms with E-state index in [1.165, 1.54) is 0 Å². The molecule has 2 atom stereocenters. The van der Waals surface area contributed by atoms with Crippen molar-refractivity contribution in [2.45, 2.75) is 31.8 Å². The minimum atomic E-state index is -0.828. The SMILES string of the molecule is O=CO[C@H](CCOCc1ccccc1)[C@@H](C=O)OCc1ccccc1. The van der Waals surface area contributed by atoms with Crippen LogP contribution < -0.4 is 0 Å². The average Bonchev–Trinajstić information content (AvgIpc) is 2.67. The van der Waals surface area contributed by atoms with Gasteiger partial charge in [-0.3, -0.25) is 4.79 Å². The van der Waals surface area contributed by atoms with E-state index in [0.29, 0.717) is 32.4 Å². The third-order valence-electron chi connectivity index (χ3n) is 3.67. The Morgan fingerprint density at radius 1 is 0.840 bits per heavy atom. The first-order chi connectivity index (χ1) is 12.3. The number of benzene rings is 2. The van der Waals surface area contributed by atoms with Gasteiger partial charge in [-0.2, -0.15) is 0 Å². The third-order valence-corrected chi connectivity index (χ3v) is 3.67. The Hall–Kier alpha value is -2.50. The molecule has 0 aromatic heterocycles. The van der Waals surface area contributed by atoms with Gasteiger partial charge in [0.1, 0.15) is 12.2 Å². The van der Waals surface area contributed by atoms with E-state index in [0.717, 1.165) is 11.1 Å². The van der Waals surface area contributed by atoms with Gasteiger partial charge in [-0.05, 0) is 11.1 Å². The molecule has 0 saturated carbocycles. The van der Waals surface area contributed by atoms with Crippen LogP contribution >= 0.6 is 0 Å². The first-order valence-electron chi connectivity index (χ1n) is 8.15. The van der Waals surface area contributed by atoms with Gasteiger partial charge in [0.2, 0.25) is 0 Å². The van der Waals surface area contributed by atoms with Gasteiger partial charge in [-0.1, -0.05) is 60.7 Å². The first kappa shape index (κ1) is 18.8. The van der Waals surface area contributed by atoms with E-state index >= 15 is 0 Å². The highest BCUT2D eigenvalue weighted by Gasteiger charge is 2.23. The second-order valence-corrected chi connectivity index (χ2v) is 5.49. The highest BCUT2D eigenvalue weighted by molar-refractivity contribution is 5.57. The van der Waals surface area contributed by atoms with Gasteiger partial charge in [0.15, 0.2) is 6.29 Å². The lowest BCUT2D eigenvalue weighted by Gasteiger charge is -2.21. The van der Waals surface area contributed by atoms with Gasteiger partial charge in [0.05, 0.1) is 19.8 Å². The van der Waals surface area contributed by atoms with Crippen molar-refractivity contribution in [2.24, 2.45) is 0 Å². The quantitative estimate of drug-likeness (QED) is 0.438.